The second kappa shape index (κ2) is 6.94. The van der Waals surface area contributed by atoms with Crippen molar-refractivity contribution in [3.8, 4) is 11.5 Å². The molecule has 1 aromatic carbocycles. The first-order valence-electron chi connectivity index (χ1n) is 10.3. The third-order valence-corrected chi connectivity index (χ3v) is 8.94. The number of allylic oxidation sites excluding steroid dienone is 2. The van der Waals surface area contributed by atoms with Gasteiger partial charge in [-0.2, -0.15) is 5.06 Å². The standard InChI is InChI=1S/C22H20Cl2N2O7/c1-25-19(30)21(23)8-12-10(4-5-11-15(12)18(29)26(32)17(11)28)16(22(21,24)20(25)31)9-3-6-13(27)14(7-9)33-2/h3-4,6-7,11-12,15-16,27,32H,5,8H2,1-2H3/t11-,12+,15-,16-,21+,22-/m0/s1. The number of amides is 4. The summed E-state index contributed by atoms with van der Waals surface area (Å²) in [5, 5.41) is 20.2. The number of ether oxygens (including phenoxy) is 1. The van der Waals surface area contributed by atoms with Crippen LogP contribution in [0, 0.1) is 17.8 Å². The number of hydrogen-bond acceptors (Lipinski definition) is 7. The number of phenols is 1. The maximum Gasteiger partial charge on any atom is 0.257 e. The van der Waals surface area contributed by atoms with E-state index in [1.165, 1.54) is 26.3 Å². The van der Waals surface area contributed by atoms with Gasteiger partial charge in [0.1, 0.15) is 0 Å². The smallest absolute Gasteiger partial charge is 0.257 e. The average Bonchev–Trinajstić information content (AvgIpc) is 3.09. The zero-order chi connectivity index (χ0) is 24.0. The Hall–Kier alpha value is -2.62. The molecule has 174 valence electrons. The third kappa shape index (κ3) is 2.53. The number of methoxy groups -OCH3 is 1. The molecule has 2 N–H and O–H groups in total. The molecule has 11 heteroatoms. The Balaban J connectivity index is 1.76. The highest BCUT2D eigenvalue weighted by molar-refractivity contribution is 6.53. The molecule has 1 saturated carbocycles. The second-order valence-corrected chi connectivity index (χ2v) is 10.2. The minimum Gasteiger partial charge on any atom is -0.504 e. The monoisotopic (exact) mass is 494 g/mol. The number of aromatic hydroxyl groups is 1. The van der Waals surface area contributed by atoms with E-state index in [-0.39, 0.29) is 29.4 Å². The van der Waals surface area contributed by atoms with Crippen molar-refractivity contribution in [2.24, 2.45) is 17.8 Å². The number of imide groups is 2. The van der Waals surface area contributed by atoms with Crippen LogP contribution >= 0.6 is 23.2 Å². The van der Waals surface area contributed by atoms with E-state index in [9.17, 15) is 29.5 Å². The molecule has 2 heterocycles. The van der Waals surface area contributed by atoms with E-state index < -0.39 is 57.0 Å². The number of likely N-dealkylation sites (tertiary alicyclic amines) is 1. The third-order valence-electron chi connectivity index (χ3n) is 7.53. The molecule has 3 fully saturated rings. The van der Waals surface area contributed by atoms with Gasteiger partial charge in [0.2, 0.25) is 0 Å². The molecular weight excluding hydrogens is 475 g/mol. The van der Waals surface area contributed by atoms with Crippen LogP contribution in [0.15, 0.2) is 29.8 Å². The molecule has 0 bridgehead atoms. The first-order valence-corrected chi connectivity index (χ1v) is 11.1. The van der Waals surface area contributed by atoms with Crippen LogP contribution in [0.1, 0.15) is 24.3 Å². The van der Waals surface area contributed by atoms with E-state index in [0.717, 1.165) is 4.90 Å². The highest BCUT2D eigenvalue weighted by atomic mass is 35.5. The van der Waals surface area contributed by atoms with Gasteiger partial charge in [-0.3, -0.25) is 29.3 Å². The number of phenolic OH excluding ortho intramolecular Hbond substituents is 1. The van der Waals surface area contributed by atoms with Crippen molar-refractivity contribution < 1.29 is 34.2 Å². The lowest BCUT2D eigenvalue weighted by molar-refractivity contribution is -0.173. The van der Waals surface area contributed by atoms with Crippen molar-refractivity contribution in [1.29, 1.82) is 0 Å². The fourth-order valence-corrected chi connectivity index (χ4v) is 6.99. The predicted octanol–water partition coefficient (Wildman–Crippen LogP) is 1.78. The first-order chi connectivity index (χ1) is 15.5. The molecule has 2 saturated heterocycles. The average molecular weight is 495 g/mol. The molecular formula is C22H20Cl2N2O7. The Morgan fingerprint density at radius 1 is 1.09 bits per heavy atom. The Morgan fingerprint density at radius 2 is 1.79 bits per heavy atom. The number of hydroxylamine groups is 2. The van der Waals surface area contributed by atoms with E-state index in [0.29, 0.717) is 11.1 Å². The summed E-state index contributed by atoms with van der Waals surface area (Å²) in [4.78, 5) is 48.9. The lowest BCUT2D eigenvalue weighted by atomic mass is 9.56. The maximum absolute atomic E-state index is 13.4. The summed E-state index contributed by atoms with van der Waals surface area (Å²) in [6.45, 7) is 0. The highest BCUT2D eigenvalue weighted by Crippen LogP contribution is 2.65. The van der Waals surface area contributed by atoms with Crippen molar-refractivity contribution in [1.82, 2.24) is 9.96 Å². The van der Waals surface area contributed by atoms with Gasteiger partial charge in [-0.1, -0.05) is 17.7 Å². The van der Waals surface area contributed by atoms with Crippen LogP contribution in [0.3, 0.4) is 0 Å². The van der Waals surface area contributed by atoms with E-state index in [4.69, 9.17) is 27.9 Å². The Labute approximate surface area is 198 Å². The van der Waals surface area contributed by atoms with E-state index in [2.05, 4.69) is 0 Å². The van der Waals surface area contributed by atoms with Crippen molar-refractivity contribution in [2.45, 2.75) is 28.5 Å². The maximum atomic E-state index is 13.4. The zero-order valence-corrected chi connectivity index (χ0v) is 19.1. The number of fused-ring (bicyclic) bond motifs is 4. The molecule has 0 unspecified atom stereocenters. The molecule has 2 aliphatic carbocycles. The number of rotatable bonds is 2. The summed E-state index contributed by atoms with van der Waals surface area (Å²) >= 11 is 14.0. The van der Waals surface area contributed by atoms with Gasteiger partial charge in [-0.05, 0) is 36.5 Å². The van der Waals surface area contributed by atoms with Crippen LogP contribution in [0.25, 0.3) is 0 Å². The fraction of sp³-hybridized carbons (Fsp3) is 0.455. The van der Waals surface area contributed by atoms with Gasteiger partial charge in [-0.25, -0.2) is 0 Å². The predicted molar refractivity (Wildman–Crippen MR) is 114 cm³/mol. The molecule has 0 aromatic heterocycles. The molecule has 2 aliphatic heterocycles. The number of carbonyl (C=O) groups is 4. The van der Waals surface area contributed by atoms with Crippen LogP contribution < -0.4 is 4.74 Å². The summed E-state index contributed by atoms with van der Waals surface area (Å²) in [6.07, 6.45) is 1.75. The Morgan fingerprint density at radius 3 is 2.45 bits per heavy atom. The van der Waals surface area contributed by atoms with Crippen molar-refractivity contribution >= 4 is 46.8 Å². The largest absolute Gasteiger partial charge is 0.504 e. The number of hydrogen-bond donors (Lipinski definition) is 2. The van der Waals surface area contributed by atoms with Gasteiger partial charge in [0.25, 0.3) is 23.6 Å². The minimum absolute atomic E-state index is 0.127. The Kier molecular flexibility index (Phi) is 4.67. The fourth-order valence-electron chi connectivity index (χ4n) is 5.97. The van der Waals surface area contributed by atoms with Gasteiger partial charge < -0.3 is 9.84 Å². The van der Waals surface area contributed by atoms with Gasteiger partial charge >= 0.3 is 0 Å². The van der Waals surface area contributed by atoms with E-state index in [1.54, 1.807) is 12.1 Å². The first kappa shape index (κ1) is 22.2. The quantitative estimate of drug-likeness (QED) is 0.277. The lowest BCUT2D eigenvalue weighted by Crippen LogP contribution is -2.60. The molecule has 0 radical (unpaired) electrons. The highest BCUT2D eigenvalue weighted by Gasteiger charge is 2.75. The summed E-state index contributed by atoms with van der Waals surface area (Å²) in [7, 11) is 2.66. The van der Waals surface area contributed by atoms with Crippen LogP contribution in [0.5, 0.6) is 11.5 Å². The molecule has 1 aromatic rings. The van der Waals surface area contributed by atoms with Crippen LogP contribution in [0.4, 0.5) is 0 Å². The molecule has 0 spiro atoms. The zero-order valence-electron chi connectivity index (χ0n) is 17.6. The topological polar surface area (TPSA) is 124 Å². The Bertz CT molecular complexity index is 1170. The van der Waals surface area contributed by atoms with Gasteiger partial charge in [0.05, 0.1) is 18.9 Å². The van der Waals surface area contributed by atoms with Gasteiger partial charge in [0.15, 0.2) is 21.2 Å². The van der Waals surface area contributed by atoms with Crippen LogP contribution in [-0.2, 0) is 19.2 Å². The van der Waals surface area contributed by atoms with Gasteiger partial charge in [0, 0.05) is 13.0 Å². The summed E-state index contributed by atoms with van der Waals surface area (Å²) in [5.74, 6) is -6.25. The number of carbonyl (C=O) groups excluding carboxylic acids is 4. The molecule has 4 aliphatic rings. The van der Waals surface area contributed by atoms with Crippen molar-refractivity contribution in [2.75, 3.05) is 14.2 Å². The SMILES string of the molecule is COc1cc([C@H]2C3=CC[C@@H]4C(=O)N(O)C(=O)[C@@H]4[C@@H]3C[C@@]3(Cl)C(=O)N(C)C(=O)[C@@]23Cl)ccc1O. The normalized spacial score (nSPS) is 37.7. The van der Waals surface area contributed by atoms with E-state index in [1.807, 2.05) is 0 Å². The number of halogens is 2. The molecule has 4 amide bonds. The lowest BCUT2D eigenvalue weighted by Gasteiger charge is -2.50. The van der Waals surface area contributed by atoms with Crippen LogP contribution in [0.2, 0.25) is 0 Å². The minimum atomic E-state index is -1.91. The van der Waals surface area contributed by atoms with E-state index >= 15 is 0 Å². The van der Waals surface area contributed by atoms with Gasteiger partial charge in [-0.15, -0.1) is 23.2 Å². The summed E-state index contributed by atoms with van der Waals surface area (Å²) < 4.78 is 5.22. The summed E-state index contributed by atoms with van der Waals surface area (Å²) in [6, 6.07) is 4.44. The van der Waals surface area contributed by atoms with Crippen molar-refractivity contribution in [3.05, 3.63) is 35.4 Å². The number of benzene rings is 1. The molecule has 9 nitrogen and oxygen atoms in total. The van der Waals surface area contributed by atoms with Crippen molar-refractivity contribution in [3.63, 3.8) is 0 Å². The number of nitrogens with zero attached hydrogens (tertiary/aromatic N) is 2. The number of alkyl halides is 2. The molecule has 6 atom stereocenters. The second-order valence-electron chi connectivity index (χ2n) is 8.92. The van der Waals surface area contributed by atoms with Crippen LogP contribution in [-0.4, -0.2) is 67.8 Å². The molecule has 33 heavy (non-hydrogen) atoms. The molecule has 5 rings (SSSR count). The summed E-state index contributed by atoms with van der Waals surface area (Å²) in [5.41, 5.74) is 1.04.